The van der Waals surface area contributed by atoms with Gasteiger partial charge in [0.15, 0.2) is 0 Å². The van der Waals surface area contributed by atoms with Crippen LogP contribution in [0, 0.1) is 0 Å². The van der Waals surface area contributed by atoms with E-state index < -0.39 is 15.3 Å². The lowest BCUT2D eigenvalue weighted by Gasteiger charge is -2.22. The first-order valence-corrected chi connectivity index (χ1v) is 9.71. The van der Waals surface area contributed by atoms with Crippen molar-refractivity contribution in [1.82, 2.24) is 4.72 Å². The molecule has 22 heavy (non-hydrogen) atoms. The molecular weight excluding hydrogens is 294 g/mol. The number of rotatable bonds is 7. The second kappa shape index (κ2) is 7.60. The quantitative estimate of drug-likeness (QED) is 0.817. The molecule has 0 amide bonds. The van der Waals surface area contributed by atoms with E-state index in [1.54, 1.807) is 13.8 Å². The van der Waals surface area contributed by atoms with Crippen LogP contribution >= 0.6 is 0 Å². The molecule has 1 aromatic rings. The summed E-state index contributed by atoms with van der Waals surface area (Å²) >= 11 is 0. The van der Waals surface area contributed by atoms with Gasteiger partial charge in [-0.15, -0.1) is 0 Å². The summed E-state index contributed by atoms with van der Waals surface area (Å²) in [6, 6.07) is 8.61. The molecule has 1 N–H and O–H groups in total. The van der Waals surface area contributed by atoms with E-state index >= 15 is 0 Å². The van der Waals surface area contributed by atoms with Crippen molar-refractivity contribution in [2.75, 3.05) is 6.54 Å². The van der Waals surface area contributed by atoms with E-state index in [0.717, 1.165) is 12.8 Å². The largest absolute Gasteiger partial charge is 0.214 e. The molecule has 0 spiro atoms. The predicted molar refractivity (Wildman–Crippen MR) is 94.8 cm³/mol. The van der Waals surface area contributed by atoms with Crippen molar-refractivity contribution in [3.63, 3.8) is 0 Å². The number of benzene rings is 1. The SMILES string of the molecule is CCC[C@H](CNS(=O)(=O)C(C)C)c1ccc(C(C)(C)C)cc1. The van der Waals surface area contributed by atoms with Gasteiger partial charge in [-0.2, -0.15) is 0 Å². The molecule has 0 aliphatic heterocycles. The maximum absolute atomic E-state index is 11.9. The van der Waals surface area contributed by atoms with Gasteiger partial charge < -0.3 is 0 Å². The van der Waals surface area contributed by atoms with E-state index in [1.807, 2.05) is 0 Å². The third-order valence-electron chi connectivity index (χ3n) is 4.04. The zero-order chi connectivity index (χ0) is 17.0. The Hall–Kier alpha value is -0.870. The Morgan fingerprint density at radius 1 is 1.09 bits per heavy atom. The summed E-state index contributed by atoms with van der Waals surface area (Å²) in [6.07, 6.45) is 2.02. The normalized spacial score (nSPS) is 14.3. The third-order valence-corrected chi connectivity index (χ3v) is 5.85. The summed E-state index contributed by atoms with van der Waals surface area (Å²) < 4.78 is 26.6. The Morgan fingerprint density at radius 2 is 1.64 bits per heavy atom. The van der Waals surface area contributed by atoms with Crippen LogP contribution in [0.4, 0.5) is 0 Å². The Morgan fingerprint density at radius 3 is 2.05 bits per heavy atom. The smallest absolute Gasteiger partial charge is 0.213 e. The maximum atomic E-state index is 11.9. The molecule has 0 radical (unpaired) electrons. The number of hydrogen-bond donors (Lipinski definition) is 1. The van der Waals surface area contributed by atoms with Crippen LogP contribution in [-0.4, -0.2) is 20.2 Å². The fourth-order valence-corrected chi connectivity index (χ4v) is 3.14. The topological polar surface area (TPSA) is 46.2 Å². The zero-order valence-electron chi connectivity index (χ0n) is 14.8. The van der Waals surface area contributed by atoms with E-state index in [-0.39, 0.29) is 11.3 Å². The van der Waals surface area contributed by atoms with Crippen molar-refractivity contribution >= 4 is 10.0 Å². The molecule has 4 heteroatoms. The fraction of sp³-hybridized carbons (Fsp3) is 0.667. The van der Waals surface area contributed by atoms with Crippen molar-refractivity contribution in [1.29, 1.82) is 0 Å². The van der Waals surface area contributed by atoms with Crippen molar-refractivity contribution in [3.8, 4) is 0 Å². The summed E-state index contributed by atoms with van der Waals surface area (Å²) in [5, 5.41) is -0.391. The van der Waals surface area contributed by atoms with Gasteiger partial charge in [-0.05, 0) is 42.7 Å². The van der Waals surface area contributed by atoms with Crippen molar-refractivity contribution in [2.45, 2.75) is 71.0 Å². The minimum atomic E-state index is -3.20. The molecule has 0 unspecified atom stereocenters. The molecule has 0 saturated heterocycles. The zero-order valence-corrected chi connectivity index (χ0v) is 15.6. The van der Waals surface area contributed by atoms with Crippen LogP contribution in [0.25, 0.3) is 0 Å². The van der Waals surface area contributed by atoms with Gasteiger partial charge in [-0.25, -0.2) is 13.1 Å². The average Bonchev–Trinajstić information content (AvgIpc) is 2.42. The molecule has 0 fully saturated rings. The van der Waals surface area contributed by atoms with Crippen molar-refractivity contribution in [2.24, 2.45) is 0 Å². The Balaban J connectivity index is 2.87. The Kier molecular flexibility index (Phi) is 6.63. The third kappa shape index (κ3) is 5.40. The summed E-state index contributed by atoms with van der Waals surface area (Å²) in [5.74, 6) is 0.229. The number of sulfonamides is 1. The predicted octanol–water partition coefficient (Wildman–Crippen LogP) is 4.20. The van der Waals surface area contributed by atoms with Crippen LogP contribution < -0.4 is 4.72 Å². The van der Waals surface area contributed by atoms with Gasteiger partial charge in [0, 0.05) is 6.54 Å². The van der Waals surface area contributed by atoms with Crippen LogP contribution in [0.5, 0.6) is 0 Å². The lowest BCUT2D eigenvalue weighted by atomic mass is 9.85. The van der Waals surface area contributed by atoms with E-state index in [4.69, 9.17) is 0 Å². The first-order chi connectivity index (χ1) is 10.1. The second-order valence-corrected chi connectivity index (χ2v) is 9.62. The van der Waals surface area contributed by atoms with Gasteiger partial charge in [-0.1, -0.05) is 58.4 Å². The van der Waals surface area contributed by atoms with E-state index in [9.17, 15) is 8.42 Å². The van der Waals surface area contributed by atoms with E-state index in [1.165, 1.54) is 11.1 Å². The highest BCUT2D eigenvalue weighted by atomic mass is 32.2. The minimum Gasteiger partial charge on any atom is -0.214 e. The molecule has 126 valence electrons. The van der Waals surface area contributed by atoms with Gasteiger partial charge >= 0.3 is 0 Å². The molecule has 1 atom stereocenters. The number of nitrogens with one attached hydrogen (secondary N) is 1. The van der Waals surface area contributed by atoms with Crippen LogP contribution in [0.2, 0.25) is 0 Å². The van der Waals surface area contributed by atoms with Crippen LogP contribution in [0.15, 0.2) is 24.3 Å². The maximum Gasteiger partial charge on any atom is 0.213 e. The molecular formula is C18H31NO2S. The molecule has 0 bridgehead atoms. The van der Waals surface area contributed by atoms with Crippen LogP contribution in [-0.2, 0) is 15.4 Å². The standard InChI is InChI=1S/C18H31NO2S/c1-7-8-16(13-19-22(20,21)14(2)3)15-9-11-17(12-10-15)18(4,5)6/h9-12,14,16,19H,7-8,13H2,1-6H3/t16-/m1/s1. The fourth-order valence-electron chi connectivity index (χ4n) is 2.37. The molecule has 0 aliphatic carbocycles. The summed E-state index contributed by atoms with van der Waals surface area (Å²) in [5.41, 5.74) is 2.65. The van der Waals surface area contributed by atoms with Gasteiger partial charge in [0.25, 0.3) is 0 Å². The molecule has 1 rings (SSSR count). The van der Waals surface area contributed by atoms with Crippen LogP contribution in [0.3, 0.4) is 0 Å². The molecule has 0 heterocycles. The first-order valence-electron chi connectivity index (χ1n) is 8.17. The highest BCUT2D eigenvalue weighted by molar-refractivity contribution is 7.90. The second-order valence-electron chi connectivity index (χ2n) is 7.30. The summed E-state index contributed by atoms with van der Waals surface area (Å²) in [6.45, 7) is 12.6. The lowest BCUT2D eigenvalue weighted by molar-refractivity contribution is 0.548. The Labute approximate surface area is 136 Å². The molecule has 3 nitrogen and oxygen atoms in total. The van der Waals surface area contributed by atoms with Crippen LogP contribution in [0.1, 0.15) is 71.4 Å². The van der Waals surface area contributed by atoms with Gasteiger partial charge in [0.1, 0.15) is 0 Å². The minimum absolute atomic E-state index is 0.137. The summed E-state index contributed by atoms with van der Waals surface area (Å²) in [4.78, 5) is 0. The van der Waals surface area contributed by atoms with Gasteiger partial charge in [0.05, 0.1) is 5.25 Å². The molecule has 0 saturated carbocycles. The molecule has 0 aliphatic rings. The van der Waals surface area contributed by atoms with Crippen molar-refractivity contribution < 1.29 is 8.42 Å². The van der Waals surface area contributed by atoms with Crippen molar-refractivity contribution in [3.05, 3.63) is 35.4 Å². The van der Waals surface area contributed by atoms with Gasteiger partial charge in [-0.3, -0.25) is 0 Å². The average molecular weight is 326 g/mol. The van der Waals surface area contributed by atoms with Gasteiger partial charge in [0.2, 0.25) is 10.0 Å². The summed E-state index contributed by atoms with van der Waals surface area (Å²) in [7, 11) is -3.20. The highest BCUT2D eigenvalue weighted by Gasteiger charge is 2.19. The monoisotopic (exact) mass is 325 g/mol. The Bertz CT molecular complexity index is 554. The van der Waals surface area contributed by atoms with E-state index in [2.05, 4.69) is 56.7 Å². The molecule has 1 aromatic carbocycles. The lowest BCUT2D eigenvalue weighted by Crippen LogP contribution is -2.34. The first kappa shape index (κ1) is 19.2. The number of hydrogen-bond acceptors (Lipinski definition) is 2. The highest BCUT2D eigenvalue weighted by Crippen LogP contribution is 2.26. The van der Waals surface area contributed by atoms with E-state index in [0.29, 0.717) is 6.54 Å². The molecule has 0 aromatic heterocycles.